The van der Waals surface area contributed by atoms with Crippen LogP contribution in [0.15, 0.2) is 24.3 Å². The van der Waals surface area contributed by atoms with E-state index in [1.165, 1.54) is 0 Å². The van der Waals surface area contributed by atoms with Gasteiger partial charge in [-0.1, -0.05) is 0 Å². The number of ether oxygens (including phenoxy) is 1. The highest BCUT2D eigenvalue weighted by Gasteiger charge is 2.35. The first-order valence-corrected chi connectivity index (χ1v) is 12.5. The molecule has 1 aromatic carbocycles. The number of rotatable bonds is 6. The molecule has 1 fully saturated rings. The van der Waals surface area contributed by atoms with E-state index in [1.54, 1.807) is 0 Å². The quantitative estimate of drug-likeness (QED) is 0.653. The maximum atomic E-state index is 11.9. The lowest BCUT2D eigenvalue weighted by Crippen LogP contribution is -2.46. The van der Waals surface area contributed by atoms with Crippen molar-refractivity contribution in [1.29, 1.82) is 5.26 Å². The third-order valence-corrected chi connectivity index (χ3v) is 6.68. The second-order valence-corrected chi connectivity index (χ2v) is 9.37. The molecule has 1 saturated heterocycles. The SMILES string of the molecule is CCNC(=O)Nc1ccc(-c2nc3c(c(N4CCOC[C@@H]4C)n2)CCN(C(C)C)[C@@H]3CC#N)cc1. The number of amides is 2. The summed E-state index contributed by atoms with van der Waals surface area (Å²) in [6.07, 6.45) is 1.24. The van der Waals surface area contributed by atoms with E-state index in [1.807, 2.05) is 31.2 Å². The fourth-order valence-electron chi connectivity index (χ4n) is 4.92. The lowest BCUT2D eigenvalue weighted by molar-refractivity contribution is 0.0980. The molecule has 2 atom stereocenters. The van der Waals surface area contributed by atoms with Crippen LogP contribution < -0.4 is 15.5 Å². The van der Waals surface area contributed by atoms with Crippen LogP contribution in [-0.4, -0.2) is 65.8 Å². The summed E-state index contributed by atoms with van der Waals surface area (Å²) >= 11 is 0. The molecule has 2 amide bonds. The van der Waals surface area contributed by atoms with Gasteiger partial charge in [0.1, 0.15) is 5.82 Å². The van der Waals surface area contributed by atoms with Gasteiger partial charge in [0.25, 0.3) is 0 Å². The van der Waals surface area contributed by atoms with Gasteiger partial charge in [0, 0.05) is 42.5 Å². The van der Waals surface area contributed by atoms with Gasteiger partial charge < -0.3 is 20.3 Å². The molecule has 9 heteroatoms. The van der Waals surface area contributed by atoms with Crippen molar-refractivity contribution in [1.82, 2.24) is 20.2 Å². The molecule has 0 bridgehead atoms. The van der Waals surface area contributed by atoms with Gasteiger partial charge in [-0.05, 0) is 58.4 Å². The molecule has 2 aliphatic rings. The molecular weight excluding hydrogens is 442 g/mol. The summed E-state index contributed by atoms with van der Waals surface area (Å²) in [7, 11) is 0. The van der Waals surface area contributed by atoms with Crippen LogP contribution in [0.1, 0.15) is 51.4 Å². The summed E-state index contributed by atoms with van der Waals surface area (Å²) in [5.41, 5.74) is 3.67. The molecule has 0 unspecified atom stereocenters. The average molecular weight is 478 g/mol. The number of hydrogen-bond acceptors (Lipinski definition) is 7. The molecule has 0 radical (unpaired) electrons. The van der Waals surface area contributed by atoms with Crippen LogP contribution in [0.4, 0.5) is 16.3 Å². The summed E-state index contributed by atoms with van der Waals surface area (Å²) in [4.78, 5) is 26.7. The van der Waals surface area contributed by atoms with E-state index < -0.39 is 0 Å². The Labute approximate surface area is 207 Å². The summed E-state index contributed by atoms with van der Waals surface area (Å²) in [5, 5.41) is 15.2. The van der Waals surface area contributed by atoms with Crippen molar-refractivity contribution in [3.8, 4) is 17.5 Å². The monoisotopic (exact) mass is 477 g/mol. The zero-order valence-electron chi connectivity index (χ0n) is 21.0. The highest BCUT2D eigenvalue weighted by Crippen LogP contribution is 2.38. The summed E-state index contributed by atoms with van der Waals surface area (Å²) in [6, 6.07) is 10.2. The van der Waals surface area contributed by atoms with Crippen LogP contribution in [-0.2, 0) is 11.2 Å². The van der Waals surface area contributed by atoms with Crippen molar-refractivity contribution < 1.29 is 9.53 Å². The molecule has 2 aliphatic heterocycles. The Balaban J connectivity index is 1.77. The minimum atomic E-state index is -0.234. The van der Waals surface area contributed by atoms with Crippen LogP contribution in [0.5, 0.6) is 0 Å². The zero-order chi connectivity index (χ0) is 24.9. The summed E-state index contributed by atoms with van der Waals surface area (Å²) in [6.45, 7) is 11.9. The highest BCUT2D eigenvalue weighted by molar-refractivity contribution is 5.89. The standard InChI is InChI=1S/C26H35N7O2/c1-5-28-26(34)29-20-8-6-19(7-9-20)24-30-23-21(11-13-32(17(2)3)22(23)10-12-27)25(31-24)33-14-15-35-16-18(33)4/h6-9,17-18,22H,5,10-11,13-16H2,1-4H3,(H2,28,29,34)/t18-,22+/m0/s1. The molecule has 0 spiro atoms. The number of carbonyl (C=O) groups is 1. The normalized spacial score (nSPS) is 20.3. The Hall–Kier alpha value is -3.22. The first kappa shape index (κ1) is 24.9. The van der Waals surface area contributed by atoms with Crippen LogP contribution in [0.3, 0.4) is 0 Å². The smallest absolute Gasteiger partial charge is 0.319 e. The largest absolute Gasteiger partial charge is 0.377 e. The Morgan fingerprint density at radius 2 is 2.03 bits per heavy atom. The van der Waals surface area contributed by atoms with E-state index in [-0.39, 0.29) is 18.1 Å². The zero-order valence-corrected chi connectivity index (χ0v) is 21.0. The lowest BCUT2D eigenvalue weighted by Gasteiger charge is -2.41. The van der Waals surface area contributed by atoms with Crippen molar-refractivity contribution >= 4 is 17.5 Å². The van der Waals surface area contributed by atoms with Gasteiger partial charge in [-0.2, -0.15) is 5.26 Å². The van der Waals surface area contributed by atoms with E-state index in [0.29, 0.717) is 43.7 Å². The van der Waals surface area contributed by atoms with Crippen molar-refractivity contribution in [3.63, 3.8) is 0 Å². The fraction of sp³-hybridized carbons (Fsp3) is 0.538. The first-order valence-electron chi connectivity index (χ1n) is 12.5. The van der Waals surface area contributed by atoms with Gasteiger partial charge in [0.05, 0.1) is 43.5 Å². The number of carbonyl (C=O) groups excluding carboxylic acids is 1. The van der Waals surface area contributed by atoms with E-state index in [9.17, 15) is 10.1 Å². The maximum absolute atomic E-state index is 11.9. The van der Waals surface area contributed by atoms with Crippen molar-refractivity contribution in [2.45, 2.75) is 58.7 Å². The second-order valence-electron chi connectivity index (χ2n) is 9.37. The molecule has 0 saturated carbocycles. The van der Waals surface area contributed by atoms with Gasteiger partial charge in [0.15, 0.2) is 5.82 Å². The molecule has 9 nitrogen and oxygen atoms in total. The van der Waals surface area contributed by atoms with Gasteiger partial charge in [-0.3, -0.25) is 4.90 Å². The number of anilines is 2. The van der Waals surface area contributed by atoms with Gasteiger partial charge in [0.2, 0.25) is 0 Å². The minimum Gasteiger partial charge on any atom is -0.377 e. The topological polar surface area (TPSA) is 106 Å². The molecule has 4 rings (SSSR count). The fourth-order valence-corrected chi connectivity index (χ4v) is 4.92. The van der Waals surface area contributed by atoms with Crippen molar-refractivity contribution in [2.75, 3.05) is 43.1 Å². The van der Waals surface area contributed by atoms with Gasteiger partial charge in [-0.25, -0.2) is 14.8 Å². The molecule has 0 aliphatic carbocycles. The van der Waals surface area contributed by atoms with Crippen LogP contribution in [0.25, 0.3) is 11.4 Å². The number of morpholine rings is 1. The third-order valence-electron chi connectivity index (χ3n) is 6.68. The van der Waals surface area contributed by atoms with Crippen LogP contribution in [0.2, 0.25) is 0 Å². The number of nitrogens with one attached hydrogen (secondary N) is 2. The Bertz CT molecular complexity index is 1080. The van der Waals surface area contributed by atoms with E-state index in [0.717, 1.165) is 42.1 Å². The minimum absolute atomic E-state index is 0.0701. The third kappa shape index (κ3) is 5.39. The second kappa shape index (κ2) is 11.0. The predicted octanol–water partition coefficient (Wildman–Crippen LogP) is 3.73. The van der Waals surface area contributed by atoms with Crippen molar-refractivity contribution in [3.05, 3.63) is 35.5 Å². The van der Waals surface area contributed by atoms with E-state index in [2.05, 4.69) is 47.3 Å². The Morgan fingerprint density at radius 3 is 2.69 bits per heavy atom. The Morgan fingerprint density at radius 1 is 1.26 bits per heavy atom. The molecule has 186 valence electrons. The first-order chi connectivity index (χ1) is 16.9. The van der Waals surface area contributed by atoms with Gasteiger partial charge in [-0.15, -0.1) is 0 Å². The Kier molecular flexibility index (Phi) is 7.83. The van der Waals surface area contributed by atoms with E-state index >= 15 is 0 Å². The molecule has 35 heavy (non-hydrogen) atoms. The number of benzene rings is 1. The van der Waals surface area contributed by atoms with E-state index in [4.69, 9.17) is 14.7 Å². The van der Waals surface area contributed by atoms with Crippen LogP contribution >= 0.6 is 0 Å². The number of nitrogens with zero attached hydrogens (tertiary/aromatic N) is 5. The van der Waals surface area contributed by atoms with Crippen molar-refractivity contribution in [2.24, 2.45) is 0 Å². The van der Waals surface area contributed by atoms with Gasteiger partial charge >= 0.3 is 6.03 Å². The number of aromatic nitrogens is 2. The lowest BCUT2D eigenvalue weighted by atomic mass is 9.93. The maximum Gasteiger partial charge on any atom is 0.319 e. The summed E-state index contributed by atoms with van der Waals surface area (Å²) in [5.74, 6) is 1.59. The average Bonchev–Trinajstić information content (AvgIpc) is 2.84. The highest BCUT2D eigenvalue weighted by atomic mass is 16.5. The summed E-state index contributed by atoms with van der Waals surface area (Å²) < 4.78 is 5.69. The number of hydrogen-bond donors (Lipinski definition) is 2. The number of nitriles is 1. The molecule has 3 heterocycles. The molecular formula is C26H35N7O2. The molecule has 2 N–H and O–H groups in total. The number of urea groups is 1. The van der Waals surface area contributed by atoms with Crippen LogP contribution in [0, 0.1) is 11.3 Å². The molecule has 2 aromatic rings. The predicted molar refractivity (Wildman–Crippen MR) is 136 cm³/mol. The number of fused-ring (bicyclic) bond motifs is 1. The molecule has 1 aromatic heterocycles.